The highest BCUT2D eigenvalue weighted by Gasteiger charge is 2.49. The van der Waals surface area contributed by atoms with Crippen molar-refractivity contribution >= 4 is 65.9 Å². The van der Waals surface area contributed by atoms with Crippen molar-refractivity contribution in [2.45, 2.75) is 11.3 Å². The first-order chi connectivity index (χ1) is 12.8. The van der Waals surface area contributed by atoms with Gasteiger partial charge in [-0.15, -0.1) is 0 Å². The van der Waals surface area contributed by atoms with E-state index in [1.165, 1.54) is 11.8 Å². The Labute approximate surface area is 174 Å². The Morgan fingerprint density at radius 2 is 1.93 bits per heavy atom. The fourth-order valence-corrected chi connectivity index (χ4v) is 7.92. The van der Waals surface area contributed by atoms with Crippen molar-refractivity contribution in [3.8, 4) is 0 Å². The number of anilines is 1. The van der Waals surface area contributed by atoms with Crippen LogP contribution >= 0.6 is 39.3 Å². The van der Waals surface area contributed by atoms with E-state index in [0.717, 1.165) is 4.47 Å². The molecule has 2 atom stereocenters. The van der Waals surface area contributed by atoms with Crippen LogP contribution in [0, 0.1) is 0 Å². The Balaban J connectivity index is 1.76. The van der Waals surface area contributed by atoms with Gasteiger partial charge in [0.05, 0.1) is 28.3 Å². The first-order valence-corrected chi connectivity index (χ1v) is 12.0. The van der Waals surface area contributed by atoms with Gasteiger partial charge in [0.2, 0.25) is 0 Å². The molecular weight excluding hydrogens is 472 g/mol. The molecular formula is C18H14BrClN2O3S2. The molecule has 140 valence electrons. The number of carbonyl (C=O) groups is 1. The SMILES string of the molecule is O=C(N=C1S[C@H]2CS(=O)(=O)C[C@H]2N1c1ccc(Br)cc1Cl)c1ccccc1. The van der Waals surface area contributed by atoms with E-state index in [1.807, 2.05) is 18.2 Å². The average Bonchev–Trinajstić information content (AvgIpc) is 3.07. The molecule has 2 aliphatic heterocycles. The lowest BCUT2D eigenvalue weighted by Gasteiger charge is -2.25. The predicted octanol–water partition coefficient (Wildman–Crippen LogP) is 4.02. The number of nitrogens with zero attached hydrogens (tertiary/aromatic N) is 2. The van der Waals surface area contributed by atoms with Crippen LogP contribution in [0.3, 0.4) is 0 Å². The van der Waals surface area contributed by atoms with Crippen molar-refractivity contribution in [1.29, 1.82) is 0 Å². The number of carbonyl (C=O) groups excluding carboxylic acids is 1. The highest BCUT2D eigenvalue weighted by atomic mass is 79.9. The second-order valence-electron chi connectivity index (χ2n) is 6.33. The van der Waals surface area contributed by atoms with Crippen LogP contribution < -0.4 is 4.90 Å². The summed E-state index contributed by atoms with van der Waals surface area (Å²) in [7, 11) is -3.13. The summed E-state index contributed by atoms with van der Waals surface area (Å²) in [5.74, 6) is -0.264. The molecule has 0 spiro atoms. The van der Waals surface area contributed by atoms with E-state index in [-0.39, 0.29) is 28.7 Å². The van der Waals surface area contributed by atoms with Gasteiger partial charge in [0.1, 0.15) is 0 Å². The number of hydrogen-bond acceptors (Lipinski definition) is 4. The first-order valence-electron chi connectivity index (χ1n) is 8.13. The van der Waals surface area contributed by atoms with E-state index in [9.17, 15) is 13.2 Å². The molecule has 0 aliphatic carbocycles. The van der Waals surface area contributed by atoms with Crippen LogP contribution in [0.1, 0.15) is 10.4 Å². The quantitative estimate of drug-likeness (QED) is 0.643. The lowest BCUT2D eigenvalue weighted by atomic mass is 10.2. The number of sulfone groups is 1. The topological polar surface area (TPSA) is 66.8 Å². The van der Waals surface area contributed by atoms with Gasteiger partial charge in [0.25, 0.3) is 5.91 Å². The zero-order chi connectivity index (χ0) is 19.2. The third-order valence-electron chi connectivity index (χ3n) is 4.45. The Hall–Kier alpha value is -1.35. The highest BCUT2D eigenvalue weighted by molar-refractivity contribution is 9.10. The maximum absolute atomic E-state index is 12.6. The lowest BCUT2D eigenvalue weighted by molar-refractivity contribution is 0.100. The van der Waals surface area contributed by atoms with E-state index in [1.54, 1.807) is 35.2 Å². The largest absolute Gasteiger partial charge is 0.314 e. The van der Waals surface area contributed by atoms with Crippen molar-refractivity contribution in [2.75, 3.05) is 16.4 Å². The van der Waals surface area contributed by atoms with Crippen LogP contribution in [0.15, 0.2) is 58.0 Å². The van der Waals surface area contributed by atoms with Gasteiger partial charge in [-0.05, 0) is 30.3 Å². The standard InChI is InChI=1S/C18H14BrClN2O3S2/c19-12-6-7-14(13(20)8-12)22-15-9-27(24,25)10-16(15)26-18(22)21-17(23)11-4-2-1-3-5-11/h1-8,15-16H,9-10H2/t15-,16+/m1/s1. The summed E-state index contributed by atoms with van der Waals surface area (Å²) in [6.07, 6.45) is 0. The Bertz CT molecular complexity index is 1040. The van der Waals surface area contributed by atoms with Crippen LogP contribution in [-0.2, 0) is 9.84 Å². The number of hydrogen-bond donors (Lipinski definition) is 0. The van der Waals surface area contributed by atoms with Gasteiger partial charge in [0.15, 0.2) is 15.0 Å². The van der Waals surface area contributed by atoms with Gasteiger partial charge in [0, 0.05) is 15.3 Å². The number of aliphatic imine (C=N–C) groups is 1. The minimum absolute atomic E-state index is 0.0234. The van der Waals surface area contributed by atoms with Gasteiger partial charge >= 0.3 is 0 Å². The molecule has 2 aromatic rings. The Morgan fingerprint density at radius 1 is 1.19 bits per heavy atom. The van der Waals surface area contributed by atoms with E-state index in [2.05, 4.69) is 20.9 Å². The molecule has 2 saturated heterocycles. The second-order valence-corrected chi connectivity index (χ2v) is 11.0. The monoisotopic (exact) mass is 484 g/mol. The Kier molecular flexibility index (Phi) is 5.09. The van der Waals surface area contributed by atoms with Crippen LogP contribution in [0.5, 0.6) is 0 Å². The smallest absolute Gasteiger partial charge is 0.279 e. The molecule has 1 amide bonds. The van der Waals surface area contributed by atoms with Crippen LogP contribution in [-0.4, -0.2) is 42.3 Å². The molecule has 0 unspecified atom stereocenters. The summed E-state index contributed by atoms with van der Waals surface area (Å²) >= 11 is 11.1. The fourth-order valence-electron chi connectivity index (χ4n) is 3.25. The molecule has 0 aromatic heterocycles. The van der Waals surface area contributed by atoms with Crippen molar-refractivity contribution in [3.63, 3.8) is 0 Å². The summed E-state index contributed by atoms with van der Waals surface area (Å²) in [6.45, 7) is 0. The highest BCUT2D eigenvalue weighted by Crippen LogP contribution is 2.43. The summed E-state index contributed by atoms with van der Waals surface area (Å²) in [5.41, 5.74) is 1.13. The fraction of sp³-hybridized carbons (Fsp3) is 0.222. The molecule has 4 rings (SSSR count). The minimum Gasteiger partial charge on any atom is -0.314 e. The first kappa shape index (κ1) is 19.0. The van der Waals surface area contributed by atoms with E-state index in [4.69, 9.17) is 11.6 Å². The maximum Gasteiger partial charge on any atom is 0.279 e. The molecule has 9 heteroatoms. The maximum atomic E-state index is 12.6. The number of thioether (sulfide) groups is 1. The normalized spacial score (nSPS) is 25.0. The lowest BCUT2D eigenvalue weighted by Crippen LogP contribution is -2.37. The summed E-state index contributed by atoms with van der Waals surface area (Å²) in [4.78, 5) is 18.7. The van der Waals surface area contributed by atoms with Gasteiger partial charge < -0.3 is 4.90 Å². The van der Waals surface area contributed by atoms with Gasteiger partial charge in [-0.1, -0.05) is 57.5 Å². The molecule has 0 N–H and O–H groups in total. The minimum atomic E-state index is -3.13. The number of amides is 1. The Morgan fingerprint density at radius 3 is 2.63 bits per heavy atom. The number of rotatable bonds is 2. The zero-order valence-corrected chi connectivity index (χ0v) is 17.9. The molecule has 0 saturated carbocycles. The summed E-state index contributed by atoms with van der Waals surface area (Å²) in [5, 5.41) is 0.782. The van der Waals surface area contributed by atoms with Crippen LogP contribution in [0.2, 0.25) is 5.02 Å². The third kappa shape index (κ3) is 3.81. The summed E-state index contributed by atoms with van der Waals surface area (Å²) in [6, 6.07) is 13.9. The zero-order valence-electron chi connectivity index (χ0n) is 13.9. The molecule has 2 aliphatic rings. The van der Waals surface area contributed by atoms with E-state index >= 15 is 0 Å². The second kappa shape index (κ2) is 7.24. The number of fused-ring (bicyclic) bond motifs is 1. The van der Waals surface area contributed by atoms with Gasteiger partial charge in [-0.2, -0.15) is 4.99 Å². The number of benzene rings is 2. The molecule has 2 fully saturated rings. The molecule has 0 bridgehead atoms. The third-order valence-corrected chi connectivity index (χ3v) is 8.46. The van der Waals surface area contributed by atoms with Crippen molar-refractivity contribution in [3.05, 3.63) is 63.6 Å². The molecule has 2 aromatic carbocycles. The molecule has 5 nitrogen and oxygen atoms in total. The van der Waals surface area contributed by atoms with Gasteiger partial charge in [-0.3, -0.25) is 4.79 Å². The van der Waals surface area contributed by atoms with E-state index in [0.29, 0.717) is 21.4 Å². The van der Waals surface area contributed by atoms with E-state index < -0.39 is 9.84 Å². The van der Waals surface area contributed by atoms with Crippen molar-refractivity contribution in [2.24, 2.45) is 4.99 Å². The molecule has 0 radical (unpaired) electrons. The average molecular weight is 486 g/mol. The molecule has 27 heavy (non-hydrogen) atoms. The van der Waals surface area contributed by atoms with Gasteiger partial charge in [-0.25, -0.2) is 8.42 Å². The number of amidine groups is 1. The van der Waals surface area contributed by atoms with Crippen molar-refractivity contribution < 1.29 is 13.2 Å². The summed E-state index contributed by atoms with van der Waals surface area (Å²) < 4.78 is 25.1. The van der Waals surface area contributed by atoms with Crippen LogP contribution in [0.4, 0.5) is 5.69 Å². The van der Waals surface area contributed by atoms with Crippen LogP contribution in [0.25, 0.3) is 0 Å². The van der Waals surface area contributed by atoms with Crippen molar-refractivity contribution in [1.82, 2.24) is 0 Å². The number of halogens is 2. The molecule has 2 heterocycles. The predicted molar refractivity (Wildman–Crippen MR) is 114 cm³/mol.